The fraction of sp³-hybridized carbons (Fsp3) is 0.478. The molecule has 0 fully saturated rings. The van der Waals surface area contributed by atoms with Crippen LogP contribution in [0.5, 0.6) is 0 Å². The third-order valence-electron chi connectivity index (χ3n) is 5.26. The molecular formula is C23H36N8O6. The molecule has 0 heterocycles. The van der Waals surface area contributed by atoms with Crippen molar-refractivity contribution in [3.63, 3.8) is 0 Å². The van der Waals surface area contributed by atoms with Crippen LogP contribution in [0.4, 0.5) is 0 Å². The maximum atomic E-state index is 13.1. The smallest absolute Gasteiger partial charge is 0.325 e. The number of primary amides is 1. The molecular weight excluding hydrogens is 484 g/mol. The van der Waals surface area contributed by atoms with Gasteiger partial charge in [-0.15, -0.1) is 0 Å². The Kier molecular flexibility index (Phi) is 13.1. The van der Waals surface area contributed by atoms with Gasteiger partial charge in [-0.25, -0.2) is 0 Å². The fourth-order valence-electron chi connectivity index (χ4n) is 3.22. The van der Waals surface area contributed by atoms with E-state index in [1.807, 2.05) is 6.07 Å². The predicted molar refractivity (Wildman–Crippen MR) is 136 cm³/mol. The Bertz CT molecular complexity index is 967. The van der Waals surface area contributed by atoms with Crippen molar-refractivity contribution in [1.82, 2.24) is 16.0 Å². The van der Waals surface area contributed by atoms with Crippen molar-refractivity contribution < 1.29 is 29.1 Å². The Morgan fingerprint density at radius 2 is 1.46 bits per heavy atom. The summed E-state index contributed by atoms with van der Waals surface area (Å²) in [6, 6.07) is 4.41. The second-order valence-electron chi connectivity index (χ2n) is 8.44. The molecule has 0 radical (unpaired) electrons. The minimum atomic E-state index is -1.27. The van der Waals surface area contributed by atoms with Crippen molar-refractivity contribution in [2.45, 2.75) is 63.2 Å². The number of nitrogens with two attached hydrogens (primary N) is 4. The molecule has 12 N–H and O–H groups in total. The van der Waals surface area contributed by atoms with Gasteiger partial charge in [-0.2, -0.15) is 0 Å². The SMILES string of the molecule is CC(NC(=O)C(CCCN=C(N)N)NC(=O)C(CCC(N)=O)NC(=O)C(N)Cc1ccccc1)C(=O)O. The highest BCUT2D eigenvalue weighted by molar-refractivity contribution is 5.94. The van der Waals surface area contributed by atoms with E-state index in [9.17, 15) is 24.0 Å². The molecule has 4 atom stereocenters. The molecule has 4 amide bonds. The molecule has 0 saturated heterocycles. The Morgan fingerprint density at radius 3 is 2.03 bits per heavy atom. The zero-order valence-electron chi connectivity index (χ0n) is 20.7. The number of carbonyl (C=O) groups excluding carboxylic acids is 4. The summed E-state index contributed by atoms with van der Waals surface area (Å²) in [5.41, 5.74) is 22.6. The second-order valence-corrected chi connectivity index (χ2v) is 8.44. The van der Waals surface area contributed by atoms with Crippen molar-refractivity contribution in [3.8, 4) is 0 Å². The molecule has 0 aliphatic heterocycles. The lowest BCUT2D eigenvalue weighted by molar-refractivity contribution is -0.141. The van der Waals surface area contributed by atoms with E-state index in [0.717, 1.165) is 5.56 Å². The van der Waals surface area contributed by atoms with Crippen LogP contribution >= 0.6 is 0 Å². The Hall–Kier alpha value is -4.20. The van der Waals surface area contributed by atoms with E-state index in [0.29, 0.717) is 0 Å². The monoisotopic (exact) mass is 520 g/mol. The first-order chi connectivity index (χ1) is 17.4. The van der Waals surface area contributed by atoms with Crippen molar-refractivity contribution in [2.24, 2.45) is 27.9 Å². The molecule has 0 bridgehead atoms. The van der Waals surface area contributed by atoms with Crippen LogP contribution in [-0.2, 0) is 30.4 Å². The molecule has 14 nitrogen and oxygen atoms in total. The van der Waals surface area contributed by atoms with Gasteiger partial charge in [0.05, 0.1) is 6.04 Å². The van der Waals surface area contributed by atoms with E-state index >= 15 is 0 Å². The molecule has 14 heteroatoms. The number of benzene rings is 1. The lowest BCUT2D eigenvalue weighted by Gasteiger charge is -2.24. The number of aliphatic carboxylic acids is 1. The number of nitrogens with one attached hydrogen (secondary N) is 3. The van der Waals surface area contributed by atoms with E-state index in [1.54, 1.807) is 24.3 Å². The number of rotatable bonds is 16. The number of amides is 4. The molecule has 37 heavy (non-hydrogen) atoms. The maximum Gasteiger partial charge on any atom is 0.325 e. The summed E-state index contributed by atoms with van der Waals surface area (Å²) in [5.74, 6) is -4.27. The van der Waals surface area contributed by atoms with Gasteiger partial charge in [0.2, 0.25) is 23.6 Å². The van der Waals surface area contributed by atoms with Gasteiger partial charge < -0.3 is 44.0 Å². The summed E-state index contributed by atoms with van der Waals surface area (Å²) in [4.78, 5) is 64.7. The van der Waals surface area contributed by atoms with Crippen molar-refractivity contribution >= 4 is 35.6 Å². The predicted octanol–water partition coefficient (Wildman–Crippen LogP) is -2.57. The van der Waals surface area contributed by atoms with Gasteiger partial charge in [-0.05, 0) is 38.2 Å². The van der Waals surface area contributed by atoms with Gasteiger partial charge in [0, 0.05) is 13.0 Å². The molecule has 0 spiro atoms. The first-order valence-corrected chi connectivity index (χ1v) is 11.7. The average molecular weight is 521 g/mol. The van der Waals surface area contributed by atoms with Crippen molar-refractivity contribution in [3.05, 3.63) is 35.9 Å². The minimum Gasteiger partial charge on any atom is -0.480 e. The van der Waals surface area contributed by atoms with Crippen molar-refractivity contribution in [1.29, 1.82) is 0 Å². The average Bonchev–Trinajstić information content (AvgIpc) is 2.83. The van der Waals surface area contributed by atoms with E-state index in [1.165, 1.54) is 6.92 Å². The third-order valence-corrected chi connectivity index (χ3v) is 5.26. The third kappa shape index (κ3) is 12.4. The van der Waals surface area contributed by atoms with E-state index in [4.69, 9.17) is 28.0 Å². The van der Waals surface area contributed by atoms with Crippen LogP contribution in [0.25, 0.3) is 0 Å². The van der Waals surface area contributed by atoms with Gasteiger partial charge >= 0.3 is 5.97 Å². The normalized spacial score (nSPS) is 13.8. The largest absolute Gasteiger partial charge is 0.480 e. The zero-order chi connectivity index (χ0) is 28.0. The summed E-state index contributed by atoms with van der Waals surface area (Å²) < 4.78 is 0. The molecule has 1 aromatic rings. The van der Waals surface area contributed by atoms with Crippen LogP contribution in [0.1, 0.15) is 38.2 Å². The van der Waals surface area contributed by atoms with Crippen LogP contribution in [0.15, 0.2) is 35.3 Å². The standard InChI is InChI=1S/C23H36N8O6/c1-13(22(36)37)29-20(34)16(8-5-11-28-23(26)27)31-21(35)17(9-10-18(25)32)30-19(33)15(24)12-14-6-3-2-4-7-14/h2-4,6-7,13,15-17H,5,8-12,24H2,1H3,(H2,25,32)(H,29,34)(H,30,33)(H,31,35)(H,36,37)(H4,26,27,28). The first-order valence-electron chi connectivity index (χ1n) is 11.7. The molecule has 0 aromatic heterocycles. The quantitative estimate of drug-likeness (QED) is 0.0646. The van der Waals surface area contributed by atoms with Gasteiger partial charge in [-0.1, -0.05) is 30.3 Å². The summed E-state index contributed by atoms with van der Waals surface area (Å²) in [7, 11) is 0. The summed E-state index contributed by atoms with van der Waals surface area (Å²) >= 11 is 0. The fourth-order valence-corrected chi connectivity index (χ4v) is 3.22. The number of hydrogen-bond acceptors (Lipinski definition) is 7. The van der Waals surface area contributed by atoms with Gasteiger partial charge in [0.25, 0.3) is 0 Å². The Morgan fingerprint density at radius 1 is 0.892 bits per heavy atom. The number of carbonyl (C=O) groups is 5. The van der Waals surface area contributed by atoms with E-state index in [-0.39, 0.29) is 44.6 Å². The van der Waals surface area contributed by atoms with E-state index in [2.05, 4.69) is 20.9 Å². The Labute approximate surface area is 214 Å². The van der Waals surface area contributed by atoms with Crippen LogP contribution in [0.3, 0.4) is 0 Å². The molecule has 4 unspecified atom stereocenters. The first kappa shape index (κ1) is 30.8. The van der Waals surface area contributed by atoms with Crippen LogP contribution in [0.2, 0.25) is 0 Å². The number of carboxylic acids is 1. The van der Waals surface area contributed by atoms with Gasteiger partial charge in [-0.3, -0.25) is 29.0 Å². The molecule has 204 valence electrons. The number of carboxylic acid groups (broad SMARTS) is 1. The summed E-state index contributed by atoms with van der Waals surface area (Å²) in [6.45, 7) is 1.43. The molecule has 1 aromatic carbocycles. The molecule has 0 saturated carbocycles. The Balaban J connectivity index is 2.97. The number of nitrogens with zero attached hydrogens (tertiary/aromatic N) is 1. The maximum absolute atomic E-state index is 13.1. The van der Waals surface area contributed by atoms with Crippen LogP contribution < -0.4 is 38.9 Å². The van der Waals surface area contributed by atoms with E-state index < -0.39 is 53.8 Å². The van der Waals surface area contributed by atoms with Gasteiger partial charge in [0.15, 0.2) is 5.96 Å². The summed E-state index contributed by atoms with van der Waals surface area (Å²) in [5, 5.41) is 16.4. The van der Waals surface area contributed by atoms with Crippen LogP contribution in [0, 0.1) is 0 Å². The van der Waals surface area contributed by atoms with Crippen molar-refractivity contribution in [2.75, 3.05) is 6.54 Å². The number of aliphatic imine (C=N–C) groups is 1. The topological polar surface area (TPSA) is 258 Å². The highest BCUT2D eigenvalue weighted by Crippen LogP contribution is 2.06. The highest BCUT2D eigenvalue weighted by Gasteiger charge is 2.29. The highest BCUT2D eigenvalue weighted by atomic mass is 16.4. The second kappa shape index (κ2) is 15.7. The number of hydrogen-bond donors (Lipinski definition) is 8. The van der Waals surface area contributed by atoms with Crippen LogP contribution in [-0.4, -0.2) is 71.4 Å². The van der Waals surface area contributed by atoms with Gasteiger partial charge in [0.1, 0.15) is 18.1 Å². The minimum absolute atomic E-state index is 0.0602. The lowest BCUT2D eigenvalue weighted by atomic mass is 10.0. The zero-order valence-corrected chi connectivity index (χ0v) is 20.7. The summed E-state index contributed by atoms with van der Waals surface area (Å²) in [6.07, 6.45) is 0.185. The molecule has 1 rings (SSSR count). The lowest BCUT2D eigenvalue weighted by Crippen LogP contribution is -2.57. The molecule has 0 aliphatic carbocycles. The number of guanidine groups is 1. The molecule has 0 aliphatic rings.